The van der Waals surface area contributed by atoms with Gasteiger partial charge in [-0.05, 0) is 18.1 Å². The molecule has 0 aliphatic heterocycles. The second-order valence-electron chi connectivity index (χ2n) is 7.01. The van der Waals surface area contributed by atoms with E-state index in [-0.39, 0.29) is 18.4 Å². The van der Waals surface area contributed by atoms with Crippen molar-refractivity contribution >= 4 is 5.97 Å². The molecule has 0 fully saturated rings. The molecule has 2 aromatic rings. The summed E-state index contributed by atoms with van der Waals surface area (Å²) < 4.78 is 6.40. The van der Waals surface area contributed by atoms with Crippen LogP contribution in [0.25, 0.3) is 0 Å². The summed E-state index contributed by atoms with van der Waals surface area (Å²) in [5, 5.41) is 0. The molecule has 3 nitrogen and oxygen atoms in total. The summed E-state index contributed by atoms with van der Waals surface area (Å²) in [6.07, 6.45) is 0. The molecule has 130 valence electrons. The van der Waals surface area contributed by atoms with Gasteiger partial charge in [-0.15, -0.1) is 0 Å². The van der Waals surface area contributed by atoms with Crippen molar-refractivity contribution in [2.24, 2.45) is 0 Å². The summed E-state index contributed by atoms with van der Waals surface area (Å²) in [5.74, 6) is -0.205. The third kappa shape index (κ3) is 4.83. The smallest absolute Gasteiger partial charge is 0.321 e. The molecule has 0 spiro atoms. The number of hydrogen-bond acceptors (Lipinski definition) is 2. The quantitative estimate of drug-likeness (QED) is 0.553. The minimum atomic E-state index is -0.798. The van der Waals surface area contributed by atoms with E-state index in [0.29, 0.717) is 6.61 Å². The molecule has 0 amide bonds. The molecule has 0 saturated carbocycles. The molecule has 0 unspecified atom stereocenters. The van der Waals surface area contributed by atoms with Crippen molar-refractivity contribution in [1.82, 2.24) is 0 Å². The molecule has 0 radical (unpaired) electrons. The first-order chi connectivity index (χ1) is 10.8. The number of nitrogens with zero attached hydrogens (tertiary/aromatic N) is 1. The Balaban J connectivity index is 0.00000288. The minimum absolute atomic E-state index is 0. The Kier molecular flexibility index (Phi) is 7.00. The summed E-state index contributed by atoms with van der Waals surface area (Å²) in [4.78, 5) is 12.9. The number of quaternary nitrogens is 1. The van der Waals surface area contributed by atoms with Crippen LogP contribution in [-0.4, -0.2) is 44.7 Å². The Morgan fingerprint density at radius 2 is 1.33 bits per heavy atom. The number of ether oxygens (including phenoxy) is 1. The van der Waals surface area contributed by atoms with Crippen LogP contribution in [-0.2, 0) is 14.9 Å². The van der Waals surface area contributed by atoms with Gasteiger partial charge in [0.2, 0.25) is 0 Å². The summed E-state index contributed by atoms with van der Waals surface area (Å²) >= 11 is 0. The number of halogens is 1. The zero-order valence-corrected chi connectivity index (χ0v) is 15.6. The number of esters is 1. The fourth-order valence-electron chi connectivity index (χ4n) is 2.50. The maximum atomic E-state index is 12.9. The standard InChI is InChI=1S/C20H26NO2.ClH/c1-20(17-11-7-5-8-12-17,18-13-9-6-10-14-18)19(22)23-16-15-21(2,3)4;/h5-14H,15-16H2,1-4H3;1H/q+1;/p-1. The van der Waals surface area contributed by atoms with Crippen molar-refractivity contribution in [3.63, 3.8) is 0 Å². The van der Waals surface area contributed by atoms with Crippen molar-refractivity contribution in [2.45, 2.75) is 12.3 Å². The zero-order chi connectivity index (χ0) is 16.9. The Morgan fingerprint density at radius 3 is 1.71 bits per heavy atom. The number of carbonyl (C=O) groups is 1. The molecule has 0 N–H and O–H groups in total. The number of carbonyl (C=O) groups excluding carboxylic acids is 1. The molecule has 0 heterocycles. The van der Waals surface area contributed by atoms with E-state index >= 15 is 0 Å². The van der Waals surface area contributed by atoms with E-state index < -0.39 is 5.41 Å². The van der Waals surface area contributed by atoms with E-state index in [1.54, 1.807) is 0 Å². The molecule has 2 rings (SSSR count). The highest BCUT2D eigenvalue weighted by Crippen LogP contribution is 2.33. The lowest BCUT2D eigenvalue weighted by molar-refractivity contribution is -0.870. The highest BCUT2D eigenvalue weighted by Gasteiger charge is 2.38. The number of benzene rings is 2. The van der Waals surface area contributed by atoms with Crippen LogP contribution in [0.5, 0.6) is 0 Å². The molecule has 0 aliphatic carbocycles. The first kappa shape index (κ1) is 20.2. The summed E-state index contributed by atoms with van der Waals surface area (Å²) in [6.45, 7) is 3.13. The molecule has 0 aliphatic rings. The number of hydrogen-bond donors (Lipinski definition) is 0. The predicted octanol–water partition coefficient (Wildman–Crippen LogP) is 0.246. The van der Waals surface area contributed by atoms with Crippen LogP contribution in [0.4, 0.5) is 0 Å². The molecule has 0 saturated heterocycles. The first-order valence-corrected chi connectivity index (χ1v) is 7.93. The first-order valence-electron chi connectivity index (χ1n) is 7.93. The second kappa shape index (κ2) is 8.32. The topological polar surface area (TPSA) is 26.3 Å². The third-order valence-corrected chi connectivity index (χ3v) is 4.11. The molecule has 0 aromatic heterocycles. The molecular weight excluding hydrogens is 322 g/mol. The molecule has 24 heavy (non-hydrogen) atoms. The van der Waals surface area contributed by atoms with Crippen molar-refractivity contribution in [2.75, 3.05) is 34.3 Å². The fraction of sp³-hybridized carbons (Fsp3) is 0.350. The monoisotopic (exact) mass is 347 g/mol. The number of rotatable bonds is 6. The maximum Gasteiger partial charge on any atom is 0.321 e. The Morgan fingerprint density at radius 1 is 0.917 bits per heavy atom. The third-order valence-electron chi connectivity index (χ3n) is 4.11. The molecule has 0 atom stereocenters. The van der Waals surface area contributed by atoms with Crippen LogP contribution in [0.15, 0.2) is 60.7 Å². The summed E-state index contributed by atoms with van der Waals surface area (Å²) in [6, 6.07) is 19.6. The van der Waals surface area contributed by atoms with E-state index in [1.807, 2.05) is 67.6 Å². The Hall–Kier alpha value is -1.84. The van der Waals surface area contributed by atoms with Crippen LogP contribution in [0.3, 0.4) is 0 Å². The van der Waals surface area contributed by atoms with Gasteiger partial charge in [-0.2, -0.15) is 0 Å². The van der Waals surface area contributed by atoms with Gasteiger partial charge >= 0.3 is 5.97 Å². The average Bonchev–Trinajstić information content (AvgIpc) is 2.54. The van der Waals surface area contributed by atoms with Gasteiger partial charge in [-0.3, -0.25) is 4.79 Å². The lowest BCUT2D eigenvalue weighted by Crippen LogP contribution is -3.00. The van der Waals surface area contributed by atoms with Gasteiger partial charge in [-0.1, -0.05) is 60.7 Å². The minimum Gasteiger partial charge on any atom is -1.00 e. The summed E-state index contributed by atoms with van der Waals surface area (Å²) in [7, 11) is 6.25. The van der Waals surface area contributed by atoms with E-state index in [9.17, 15) is 4.79 Å². The summed E-state index contributed by atoms with van der Waals surface area (Å²) in [5.41, 5.74) is 1.09. The Bertz CT molecular complexity index is 596. The molecule has 2 aromatic carbocycles. The van der Waals surface area contributed by atoms with Gasteiger partial charge in [0.15, 0.2) is 0 Å². The largest absolute Gasteiger partial charge is 1.00 e. The van der Waals surface area contributed by atoms with Gasteiger partial charge in [-0.25, -0.2) is 0 Å². The molecular formula is C20H26ClNO2. The Labute approximate surface area is 151 Å². The van der Waals surface area contributed by atoms with E-state index in [2.05, 4.69) is 21.1 Å². The van der Waals surface area contributed by atoms with Crippen molar-refractivity contribution in [3.05, 3.63) is 71.8 Å². The normalized spacial score (nSPS) is 11.5. The zero-order valence-electron chi connectivity index (χ0n) is 14.8. The van der Waals surface area contributed by atoms with Crippen LogP contribution >= 0.6 is 0 Å². The van der Waals surface area contributed by atoms with Gasteiger partial charge < -0.3 is 21.6 Å². The van der Waals surface area contributed by atoms with Gasteiger partial charge in [0.25, 0.3) is 0 Å². The average molecular weight is 348 g/mol. The van der Waals surface area contributed by atoms with Gasteiger partial charge in [0.1, 0.15) is 18.6 Å². The predicted molar refractivity (Wildman–Crippen MR) is 93.2 cm³/mol. The lowest BCUT2D eigenvalue weighted by Gasteiger charge is -2.30. The van der Waals surface area contributed by atoms with Crippen LogP contribution in [0.1, 0.15) is 18.1 Å². The SMILES string of the molecule is CC(C(=O)OCC[N+](C)(C)C)(c1ccccc1)c1ccccc1.[Cl-]. The second-order valence-corrected chi connectivity index (χ2v) is 7.01. The highest BCUT2D eigenvalue weighted by molar-refractivity contribution is 5.87. The van der Waals surface area contributed by atoms with E-state index in [4.69, 9.17) is 4.74 Å². The molecule has 0 bridgehead atoms. The number of likely N-dealkylation sites (N-methyl/N-ethyl adjacent to an activating group) is 1. The van der Waals surface area contributed by atoms with Crippen molar-refractivity contribution in [3.8, 4) is 0 Å². The van der Waals surface area contributed by atoms with Crippen LogP contribution in [0, 0.1) is 0 Å². The van der Waals surface area contributed by atoms with Crippen LogP contribution in [0.2, 0.25) is 0 Å². The van der Waals surface area contributed by atoms with Crippen LogP contribution < -0.4 is 12.4 Å². The fourth-order valence-corrected chi connectivity index (χ4v) is 2.50. The molecule has 4 heteroatoms. The highest BCUT2D eigenvalue weighted by atomic mass is 35.5. The lowest BCUT2D eigenvalue weighted by atomic mass is 9.76. The van der Waals surface area contributed by atoms with Gasteiger partial charge in [0, 0.05) is 0 Å². The van der Waals surface area contributed by atoms with E-state index in [1.165, 1.54) is 0 Å². The van der Waals surface area contributed by atoms with E-state index in [0.717, 1.165) is 22.2 Å². The van der Waals surface area contributed by atoms with Crippen molar-refractivity contribution in [1.29, 1.82) is 0 Å². The van der Waals surface area contributed by atoms with Crippen molar-refractivity contribution < 1.29 is 26.4 Å². The van der Waals surface area contributed by atoms with Gasteiger partial charge in [0.05, 0.1) is 21.1 Å². The maximum absolute atomic E-state index is 12.9.